The number of halogens is 2. The summed E-state index contributed by atoms with van der Waals surface area (Å²) in [7, 11) is 2.74. The maximum absolute atomic E-state index is 13.4. The van der Waals surface area contributed by atoms with Gasteiger partial charge in [-0.15, -0.1) is 0 Å². The Labute approximate surface area is 95.1 Å². The molecule has 0 fully saturated rings. The van der Waals surface area contributed by atoms with E-state index in [4.69, 9.17) is 4.74 Å². The maximum atomic E-state index is 13.4. The van der Waals surface area contributed by atoms with E-state index in [1.54, 1.807) is 0 Å². The van der Waals surface area contributed by atoms with Gasteiger partial charge in [0, 0.05) is 12.1 Å². The normalized spacial score (nSPS) is 10.4. The Kier molecular flexibility index (Phi) is 4.31. The van der Waals surface area contributed by atoms with Crippen molar-refractivity contribution in [2.75, 3.05) is 14.2 Å². The molecule has 0 radical (unpaired) electrons. The van der Waals surface area contributed by atoms with Crippen molar-refractivity contribution in [2.24, 2.45) is 0 Å². The number of nitrogens with one attached hydrogen (secondary N) is 1. The zero-order valence-corrected chi connectivity index (χ0v) is 9.89. The zero-order valence-electron chi connectivity index (χ0n) is 8.30. The predicted octanol–water partition coefficient (Wildman–Crippen LogP) is 1.95. The van der Waals surface area contributed by atoms with E-state index in [0.29, 0.717) is 5.56 Å². The van der Waals surface area contributed by atoms with Crippen molar-refractivity contribution < 1.29 is 19.1 Å². The van der Waals surface area contributed by atoms with E-state index in [2.05, 4.69) is 26.2 Å². The monoisotopic (exact) mass is 279 g/mol. The van der Waals surface area contributed by atoms with Gasteiger partial charge < -0.3 is 14.7 Å². The van der Waals surface area contributed by atoms with Crippen LogP contribution >= 0.6 is 15.9 Å². The SMILES string of the molecule is CONCc1cc(Br)c(F)c(OC)c1O. The summed E-state index contributed by atoms with van der Waals surface area (Å²) in [6, 6.07) is 1.46. The highest BCUT2D eigenvalue weighted by Crippen LogP contribution is 2.37. The fraction of sp³-hybridized carbons (Fsp3) is 0.333. The average molecular weight is 280 g/mol. The van der Waals surface area contributed by atoms with Crippen LogP contribution in [-0.2, 0) is 11.4 Å². The van der Waals surface area contributed by atoms with Crippen LogP contribution < -0.4 is 10.2 Å². The molecule has 0 atom stereocenters. The number of hydrogen-bond donors (Lipinski definition) is 2. The zero-order chi connectivity index (χ0) is 11.4. The number of ether oxygens (including phenoxy) is 1. The lowest BCUT2D eigenvalue weighted by atomic mass is 10.2. The molecular formula is C9H11BrFNO3. The number of phenols is 1. The lowest BCUT2D eigenvalue weighted by Gasteiger charge is -2.11. The van der Waals surface area contributed by atoms with Crippen LogP contribution in [0, 0.1) is 5.82 Å². The third kappa shape index (κ3) is 2.58. The van der Waals surface area contributed by atoms with Gasteiger partial charge in [0.25, 0.3) is 0 Å². The summed E-state index contributed by atoms with van der Waals surface area (Å²) >= 11 is 3.03. The van der Waals surface area contributed by atoms with Gasteiger partial charge in [0.05, 0.1) is 18.7 Å². The van der Waals surface area contributed by atoms with Gasteiger partial charge in [-0.1, -0.05) is 0 Å². The molecule has 0 aliphatic rings. The average Bonchev–Trinajstić information content (AvgIpc) is 2.22. The number of aromatic hydroxyl groups is 1. The second kappa shape index (κ2) is 5.29. The number of phenolic OH excluding ortho intramolecular Hbond substituents is 1. The van der Waals surface area contributed by atoms with E-state index in [-0.39, 0.29) is 22.5 Å². The third-order valence-electron chi connectivity index (χ3n) is 1.84. The Morgan fingerprint density at radius 3 is 2.73 bits per heavy atom. The van der Waals surface area contributed by atoms with Crippen molar-refractivity contribution in [1.82, 2.24) is 5.48 Å². The van der Waals surface area contributed by atoms with Gasteiger partial charge in [0.15, 0.2) is 17.3 Å². The summed E-state index contributed by atoms with van der Waals surface area (Å²) in [5, 5.41) is 9.64. The van der Waals surface area contributed by atoms with Gasteiger partial charge in [0.1, 0.15) is 0 Å². The van der Waals surface area contributed by atoms with Gasteiger partial charge in [0.2, 0.25) is 0 Å². The molecule has 4 nitrogen and oxygen atoms in total. The molecule has 0 bridgehead atoms. The first kappa shape index (κ1) is 12.2. The number of hydrogen-bond acceptors (Lipinski definition) is 4. The van der Waals surface area contributed by atoms with Crippen LogP contribution in [0.15, 0.2) is 10.5 Å². The molecule has 84 valence electrons. The van der Waals surface area contributed by atoms with Crippen LogP contribution in [0.1, 0.15) is 5.56 Å². The summed E-state index contributed by atoms with van der Waals surface area (Å²) in [4.78, 5) is 4.63. The van der Waals surface area contributed by atoms with Crippen LogP contribution in [0.25, 0.3) is 0 Å². The maximum Gasteiger partial charge on any atom is 0.198 e. The Hall–Kier alpha value is -0.850. The number of methoxy groups -OCH3 is 1. The van der Waals surface area contributed by atoms with E-state index >= 15 is 0 Å². The number of benzene rings is 1. The quantitative estimate of drug-likeness (QED) is 0.828. The summed E-state index contributed by atoms with van der Waals surface area (Å²) in [5.74, 6) is -1.05. The smallest absolute Gasteiger partial charge is 0.198 e. The minimum atomic E-state index is -0.629. The van der Waals surface area contributed by atoms with Gasteiger partial charge in [-0.05, 0) is 22.0 Å². The standard InChI is InChI=1S/C9H11BrFNO3/c1-14-9-7(11)6(10)3-5(8(9)13)4-12-15-2/h3,12-13H,4H2,1-2H3. The van der Waals surface area contributed by atoms with E-state index in [1.165, 1.54) is 20.3 Å². The summed E-state index contributed by atoms with van der Waals surface area (Å²) in [5.41, 5.74) is 3.02. The Bertz CT molecular complexity index is 360. The first-order chi connectivity index (χ1) is 7.11. The van der Waals surface area contributed by atoms with Crippen molar-refractivity contribution in [3.05, 3.63) is 21.9 Å². The summed E-state index contributed by atoms with van der Waals surface area (Å²) < 4.78 is 18.4. The van der Waals surface area contributed by atoms with Crippen molar-refractivity contribution in [2.45, 2.75) is 6.54 Å². The largest absolute Gasteiger partial charge is 0.504 e. The minimum absolute atomic E-state index is 0.183. The summed E-state index contributed by atoms with van der Waals surface area (Å²) in [6.07, 6.45) is 0. The molecule has 0 saturated carbocycles. The third-order valence-corrected chi connectivity index (χ3v) is 2.42. The predicted molar refractivity (Wildman–Crippen MR) is 56.2 cm³/mol. The molecule has 0 aromatic heterocycles. The molecule has 1 aromatic carbocycles. The van der Waals surface area contributed by atoms with Gasteiger partial charge in [-0.2, -0.15) is 5.48 Å². The molecule has 0 amide bonds. The molecule has 6 heteroatoms. The highest BCUT2D eigenvalue weighted by molar-refractivity contribution is 9.10. The number of rotatable bonds is 4. The van der Waals surface area contributed by atoms with Crippen LogP contribution in [0.4, 0.5) is 4.39 Å². The molecule has 0 aliphatic heterocycles. The second-order valence-corrected chi connectivity index (χ2v) is 3.59. The van der Waals surface area contributed by atoms with Gasteiger partial charge in [-0.3, -0.25) is 0 Å². The van der Waals surface area contributed by atoms with Gasteiger partial charge >= 0.3 is 0 Å². The molecule has 2 N–H and O–H groups in total. The lowest BCUT2D eigenvalue weighted by molar-refractivity contribution is 0.0860. The Morgan fingerprint density at radius 1 is 1.53 bits per heavy atom. The van der Waals surface area contributed by atoms with E-state index in [9.17, 15) is 9.50 Å². The highest BCUT2D eigenvalue weighted by Gasteiger charge is 2.16. The van der Waals surface area contributed by atoms with Crippen molar-refractivity contribution >= 4 is 15.9 Å². The molecule has 1 rings (SSSR count). The van der Waals surface area contributed by atoms with E-state index < -0.39 is 5.82 Å². The Balaban J connectivity index is 3.12. The molecule has 1 aromatic rings. The minimum Gasteiger partial charge on any atom is -0.504 e. The van der Waals surface area contributed by atoms with Crippen LogP contribution in [0.5, 0.6) is 11.5 Å². The number of hydroxylamine groups is 1. The van der Waals surface area contributed by atoms with Crippen molar-refractivity contribution in [3.63, 3.8) is 0 Å². The lowest BCUT2D eigenvalue weighted by Crippen LogP contribution is -2.11. The van der Waals surface area contributed by atoms with Crippen LogP contribution in [0.2, 0.25) is 0 Å². The van der Waals surface area contributed by atoms with Crippen LogP contribution in [-0.4, -0.2) is 19.3 Å². The molecule has 0 spiro atoms. The van der Waals surface area contributed by atoms with E-state index in [1.807, 2.05) is 0 Å². The van der Waals surface area contributed by atoms with Crippen molar-refractivity contribution in [1.29, 1.82) is 0 Å². The molecule has 15 heavy (non-hydrogen) atoms. The summed E-state index contributed by atoms with van der Waals surface area (Å²) in [6.45, 7) is 0.248. The fourth-order valence-electron chi connectivity index (χ4n) is 1.11. The Morgan fingerprint density at radius 2 is 2.20 bits per heavy atom. The molecule has 0 unspecified atom stereocenters. The van der Waals surface area contributed by atoms with E-state index in [0.717, 1.165) is 0 Å². The highest BCUT2D eigenvalue weighted by atomic mass is 79.9. The fourth-order valence-corrected chi connectivity index (χ4v) is 1.57. The van der Waals surface area contributed by atoms with Crippen LogP contribution in [0.3, 0.4) is 0 Å². The molecule has 0 aliphatic carbocycles. The molecule has 0 saturated heterocycles. The first-order valence-corrected chi connectivity index (χ1v) is 4.90. The second-order valence-electron chi connectivity index (χ2n) is 2.74. The van der Waals surface area contributed by atoms with Crippen molar-refractivity contribution in [3.8, 4) is 11.5 Å². The molecule has 0 heterocycles. The first-order valence-electron chi connectivity index (χ1n) is 4.11. The topological polar surface area (TPSA) is 50.7 Å². The molecular weight excluding hydrogens is 269 g/mol. The van der Waals surface area contributed by atoms with Gasteiger partial charge in [-0.25, -0.2) is 4.39 Å².